The van der Waals surface area contributed by atoms with Crippen LogP contribution in [0.3, 0.4) is 0 Å². The molecule has 11 aromatic rings. The van der Waals surface area contributed by atoms with Crippen LogP contribution in [0.15, 0.2) is 218 Å². The van der Waals surface area contributed by atoms with E-state index < -0.39 is 0 Å². The molecule has 70 heavy (non-hydrogen) atoms. The monoisotopic (exact) mass is 902 g/mol. The van der Waals surface area contributed by atoms with Gasteiger partial charge in [-0.15, -0.1) is 12.8 Å². The third kappa shape index (κ3) is 9.34. The molecule has 2 heterocycles. The van der Waals surface area contributed by atoms with Crippen molar-refractivity contribution in [1.29, 1.82) is 0 Å². The Bertz CT molecular complexity index is 3540. The van der Waals surface area contributed by atoms with E-state index in [0.29, 0.717) is 79.3 Å². The number of benzene rings is 9. The summed E-state index contributed by atoms with van der Waals surface area (Å²) in [6.45, 7) is 0. The minimum atomic E-state index is 0.599. The average molecular weight is 903 g/mol. The van der Waals surface area contributed by atoms with Gasteiger partial charge in [0.1, 0.15) is 46.0 Å². The molecule has 0 N–H and O–H groups in total. The van der Waals surface area contributed by atoms with Crippen LogP contribution in [-0.2, 0) is 0 Å². The second-order valence-corrected chi connectivity index (χ2v) is 16.2. The lowest BCUT2D eigenvalue weighted by molar-refractivity contribution is 0.482. The Hall–Kier alpha value is -10.0. The van der Waals surface area contributed by atoms with Crippen molar-refractivity contribution >= 4 is 22.1 Å². The fourth-order valence-corrected chi connectivity index (χ4v) is 8.00. The van der Waals surface area contributed by atoms with Crippen molar-refractivity contribution in [3.05, 3.63) is 230 Å². The van der Waals surface area contributed by atoms with E-state index in [1.807, 2.05) is 212 Å². The lowest BCUT2D eigenvalue weighted by atomic mass is 9.98. The summed E-state index contributed by atoms with van der Waals surface area (Å²) in [5.74, 6) is 10.7. The van der Waals surface area contributed by atoms with Crippen LogP contribution in [0.2, 0.25) is 0 Å². The molecular formula is C62H38N4O4. The van der Waals surface area contributed by atoms with E-state index in [1.165, 1.54) is 0 Å². The van der Waals surface area contributed by atoms with E-state index >= 15 is 0 Å². The number of aromatic nitrogens is 4. The molecule has 0 unspecified atom stereocenters. The number of nitrogens with zero attached hydrogens (tertiary/aromatic N) is 4. The van der Waals surface area contributed by atoms with Crippen LogP contribution in [0, 0.1) is 24.7 Å². The summed E-state index contributed by atoms with van der Waals surface area (Å²) >= 11 is 0. The van der Waals surface area contributed by atoms with Crippen LogP contribution in [0.4, 0.5) is 0 Å². The quantitative estimate of drug-likeness (QED) is 0.112. The van der Waals surface area contributed by atoms with Crippen LogP contribution < -0.4 is 18.9 Å². The first-order valence-electron chi connectivity index (χ1n) is 22.4. The molecule has 8 heteroatoms. The smallest absolute Gasteiger partial charge is 0.129 e. The molecule has 0 bridgehead atoms. The van der Waals surface area contributed by atoms with E-state index in [0.717, 1.165) is 44.9 Å². The number of rotatable bonds is 12. The predicted molar refractivity (Wildman–Crippen MR) is 276 cm³/mol. The third-order valence-electron chi connectivity index (χ3n) is 11.4. The molecule has 8 nitrogen and oxygen atoms in total. The van der Waals surface area contributed by atoms with Crippen molar-refractivity contribution in [3.8, 4) is 116 Å². The Morgan fingerprint density at radius 1 is 0.257 bits per heavy atom. The Balaban J connectivity index is 1.01. The van der Waals surface area contributed by atoms with Gasteiger partial charge in [0, 0.05) is 45.5 Å². The molecule has 0 saturated carbocycles. The fourth-order valence-electron chi connectivity index (χ4n) is 8.00. The highest BCUT2D eigenvalue weighted by Gasteiger charge is 2.19. The van der Waals surface area contributed by atoms with Crippen LogP contribution >= 0.6 is 0 Å². The molecule has 0 spiro atoms. The van der Waals surface area contributed by atoms with Crippen molar-refractivity contribution in [2.24, 2.45) is 0 Å². The van der Waals surface area contributed by atoms with Gasteiger partial charge in [-0.25, -0.2) is 19.9 Å². The molecule has 0 atom stereocenters. The van der Waals surface area contributed by atoms with E-state index in [2.05, 4.69) is 17.9 Å². The normalized spacial score (nSPS) is 10.8. The maximum Gasteiger partial charge on any atom is 0.129 e. The third-order valence-corrected chi connectivity index (χ3v) is 11.4. The molecule has 11 rings (SSSR count). The zero-order valence-electron chi connectivity index (χ0n) is 37.4. The van der Waals surface area contributed by atoms with Crippen molar-refractivity contribution < 1.29 is 18.9 Å². The predicted octanol–water partition coefficient (Wildman–Crippen LogP) is 15.4. The van der Waals surface area contributed by atoms with E-state index in [4.69, 9.17) is 51.7 Å². The van der Waals surface area contributed by atoms with Crippen molar-refractivity contribution in [2.45, 2.75) is 0 Å². The molecule has 0 saturated heterocycles. The second-order valence-electron chi connectivity index (χ2n) is 16.2. The molecule has 0 aliphatic heterocycles. The summed E-state index contributed by atoms with van der Waals surface area (Å²) in [7, 11) is 0. The molecule has 0 aliphatic carbocycles. The molecule has 9 aromatic carbocycles. The average Bonchev–Trinajstić information content (AvgIpc) is 3.41. The summed E-state index contributed by atoms with van der Waals surface area (Å²) < 4.78 is 24.9. The highest BCUT2D eigenvalue weighted by atomic mass is 16.5. The SMILES string of the molecule is C#Cc1cccc(Oc2ccc3nc(-c4cccc(-c5nc6ccc(Oc7cccc(C#C)c7)cc6nc5-c5ccc(Oc6ccccc6)cc5)c4)c(-c4ccc(Oc5ccccc5)cc4)nc3c2)c1. The number of hydrogen-bond acceptors (Lipinski definition) is 8. The molecular weight excluding hydrogens is 865 g/mol. The Labute approximate surface area is 404 Å². The van der Waals surface area contributed by atoms with Crippen LogP contribution in [0.5, 0.6) is 46.0 Å². The van der Waals surface area contributed by atoms with Crippen LogP contribution in [0.25, 0.3) is 67.1 Å². The van der Waals surface area contributed by atoms with Crippen molar-refractivity contribution in [1.82, 2.24) is 19.9 Å². The Morgan fingerprint density at radius 2 is 0.586 bits per heavy atom. The standard InChI is InChI=1S/C62H38N4O4/c1-3-41-14-11-22-51(36-41)69-53-32-34-55-57(39-53)65-59(43-24-28-49(29-25-43)67-47-18-7-5-8-19-47)61(63-55)45-16-13-17-46(38-45)62-60(44-26-30-50(31-27-44)68-48-20-9-6-10-21-48)66-58-40-54(33-35-56(58)64-62)70-52-23-12-15-42(4-2)37-52/h1-2,5-40H. The lowest BCUT2D eigenvalue weighted by Gasteiger charge is -2.15. The highest BCUT2D eigenvalue weighted by Crippen LogP contribution is 2.39. The van der Waals surface area contributed by atoms with Gasteiger partial charge in [-0.1, -0.05) is 78.6 Å². The van der Waals surface area contributed by atoms with Gasteiger partial charge in [0.25, 0.3) is 0 Å². The number of fused-ring (bicyclic) bond motifs is 2. The maximum absolute atomic E-state index is 6.27. The van der Waals surface area contributed by atoms with Crippen LogP contribution in [0.1, 0.15) is 11.1 Å². The zero-order chi connectivity index (χ0) is 47.2. The van der Waals surface area contributed by atoms with Crippen LogP contribution in [-0.4, -0.2) is 19.9 Å². The van der Waals surface area contributed by atoms with Gasteiger partial charge >= 0.3 is 0 Å². The molecule has 0 fully saturated rings. The second kappa shape index (κ2) is 19.1. The van der Waals surface area contributed by atoms with Gasteiger partial charge in [-0.2, -0.15) is 0 Å². The number of ether oxygens (including phenoxy) is 4. The summed E-state index contributed by atoms with van der Waals surface area (Å²) in [6.07, 6.45) is 11.4. The Kier molecular flexibility index (Phi) is 11.6. The van der Waals surface area contributed by atoms with Gasteiger partial charge < -0.3 is 18.9 Å². The van der Waals surface area contributed by atoms with Gasteiger partial charge in [0.15, 0.2) is 0 Å². The van der Waals surface area contributed by atoms with Crippen molar-refractivity contribution in [2.75, 3.05) is 0 Å². The molecule has 0 radical (unpaired) electrons. The Morgan fingerprint density at radius 3 is 1.01 bits per heavy atom. The molecule has 330 valence electrons. The fraction of sp³-hybridized carbons (Fsp3) is 0. The molecule has 0 amide bonds. The summed E-state index contributed by atoms with van der Waals surface area (Å²) in [6, 6.07) is 69.5. The number of terminal acetylenes is 2. The number of para-hydroxylation sites is 2. The topological polar surface area (TPSA) is 88.5 Å². The first-order chi connectivity index (χ1) is 34.5. The zero-order valence-corrected chi connectivity index (χ0v) is 37.4. The van der Waals surface area contributed by atoms with Gasteiger partial charge in [-0.3, -0.25) is 0 Å². The van der Waals surface area contributed by atoms with Gasteiger partial charge in [0.2, 0.25) is 0 Å². The minimum absolute atomic E-state index is 0.599. The first-order valence-corrected chi connectivity index (χ1v) is 22.4. The summed E-state index contributed by atoms with van der Waals surface area (Å²) in [5, 5.41) is 0. The van der Waals surface area contributed by atoms with E-state index in [1.54, 1.807) is 0 Å². The summed E-state index contributed by atoms with van der Waals surface area (Å²) in [4.78, 5) is 21.2. The summed E-state index contributed by atoms with van der Waals surface area (Å²) in [5.41, 5.74) is 10.2. The van der Waals surface area contributed by atoms with E-state index in [-0.39, 0.29) is 0 Å². The highest BCUT2D eigenvalue weighted by molar-refractivity contribution is 5.91. The van der Waals surface area contributed by atoms with Crippen molar-refractivity contribution in [3.63, 3.8) is 0 Å². The lowest BCUT2D eigenvalue weighted by Crippen LogP contribution is -1.98. The first kappa shape index (κ1) is 42.6. The maximum atomic E-state index is 6.27. The van der Waals surface area contributed by atoms with Gasteiger partial charge in [0.05, 0.1) is 44.8 Å². The number of hydrogen-bond donors (Lipinski definition) is 0. The minimum Gasteiger partial charge on any atom is -0.457 e. The molecule has 2 aromatic heterocycles. The van der Waals surface area contributed by atoms with E-state index in [9.17, 15) is 0 Å². The van der Waals surface area contributed by atoms with Gasteiger partial charge in [-0.05, 0) is 140 Å². The largest absolute Gasteiger partial charge is 0.457 e. The molecule has 0 aliphatic rings.